The second-order valence-electron chi connectivity index (χ2n) is 2.77. The van der Waals surface area contributed by atoms with Crippen LogP contribution in [0.15, 0.2) is 12.3 Å². The standard InChI is InChI=1S/C7H13N5/c1-5(2)10-6-3-7(11-8)12-9-4-6/h3-5H,8H2,1-2H3,(H2,10,11,12). The molecule has 0 amide bonds. The average molecular weight is 167 g/mol. The maximum absolute atomic E-state index is 5.17. The van der Waals surface area contributed by atoms with Crippen LogP contribution in [0.2, 0.25) is 0 Å². The number of hydrogen-bond acceptors (Lipinski definition) is 5. The minimum absolute atomic E-state index is 0.375. The highest BCUT2D eigenvalue weighted by Crippen LogP contribution is 2.09. The molecule has 5 heteroatoms. The monoisotopic (exact) mass is 167 g/mol. The molecule has 0 fully saturated rings. The molecule has 0 saturated carbocycles. The summed E-state index contributed by atoms with van der Waals surface area (Å²) in [7, 11) is 0. The number of nitrogens with one attached hydrogen (secondary N) is 2. The SMILES string of the molecule is CC(C)Nc1cnnc(NN)c1. The van der Waals surface area contributed by atoms with E-state index in [1.807, 2.05) is 0 Å². The van der Waals surface area contributed by atoms with E-state index < -0.39 is 0 Å². The number of hydrazine groups is 1. The molecule has 1 aromatic heterocycles. The first kappa shape index (κ1) is 8.73. The normalized spacial score (nSPS) is 10.0. The van der Waals surface area contributed by atoms with Crippen LogP contribution in [0.4, 0.5) is 11.5 Å². The van der Waals surface area contributed by atoms with Gasteiger partial charge in [-0.2, -0.15) is 5.10 Å². The Bertz CT molecular complexity index is 247. The average Bonchev–Trinajstić information content (AvgIpc) is 2.03. The molecule has 1 rings (SSSR count). The number of nitrogens with zero attached hydrogens (tertiary/aromatic N) is 2. The summed E-state index contributed by atoms with van der Waals surface area (Å²) in [6.45, 7) is 4.10. The van der Waals surface area contributed by atoms with Gasteiger partial charge in [-0.15, -0.1) is 5.10 Å². The van der Waals surface area contributed by atoms with Gasteiger partial charge in [-0.25, -0.2) is 5.84 Å². The minimum Gasteiger partial charge on any atom is -0.381 e. The molecule has 5 nitrogen and oxygen atoms in total. The van der Waals surface area contributed by atoms with Crippen molar-refractivity contribution in [2.45, 2.75) is 19.9 Å². The summed E-state index contributed by atoms with van der Waals surface area (Å²) in [5, 5.41) is 10.7. The molecule has 0 aliphatic rings. The van der Waals surface area contributed by atoms with Crippen molar-refractivity contribution in [1.82, 2.24) is 10.2 Å². The lowest BCUT2D eigenvalue weighted by Crippen LogP contribution is -2.13. The molecule has 0 aliphatic heterocycles. The van der Waals surface area contributed by atoms with E-state index in [0.29, 0.717) is 11.9 Å². The number of rotatable bonds is 3. The Morgan fingerprint density at radius 2 is 2.25 bits per heavy atom. The first-order valence-electron chi connectivity index (χ1n) is 3.78. The van der Waals surface area contributed by atoms with Crippen molar-refractivity contribution in [2.24, 2.45) is 5.84 Å². The van der Waals surface area contributed by atoms with Crippen LogP contribution < -0.4 is 16.6 Å². The van der Waals surface area contributed by atoms with E-state index in [1.165, 1.54) is 0 Å². The molecule has 0 unspecified atom stereocenters. The molecular weight excluding hydrogens is 154 g/mol. The van der Waals surface area contributed by atoms with Crippen LogP contribution in [0.1, 0.15) is 13.8 Å². The highest BCUT2D eigenvalue weighted by atomic mass is 15.3. The third-order valence-electron chi connectivity index (χ3n) is 1.26. The van der Waals surface area contributed by atoms with Gasteiger partial charge in [0, 0.05) is 12.1 Å². The highest BCUT2D eigenvalue weighted by Gasteiger charge is 1.97. The zero-order valence-electron chi connectivity index (χ0n) is 7.20. The number of nitrogens with two attached hydrogens (primary N) is 1. The van der Waals surface area contributed by atoms with E-state index >= 15 is 0 Å². The summed E-state index contributed by atoms with van der Waals surface area (Å²) in [5.41, 5.74) is 3.34. The zero-order chi connectivity index (χ0) is 8.97. The summed E-state index contributed by atoms with van der Waals surface area (Å²) in [4.78, 5) is 0. The van der Waals surface area contributed by atoms with E-state index in [9.17, 15) is 0 Å². The third kappa shape index (κ3) is 2.35. The molecule has 66 valence electrons. The van der Waals surface area contributed by atoms with Crippen molar-refractivity contribution >= 4 is 11.5 Å². The molecule has 0 saturated heterocycles. The van der Waals surface area contributed by atoms with Gasteiger partial charge in [0.25, 0.3) is 0 Å². The molecule has 12 heavy (non-hydrogen) atoms. The van der Waals surface area contributed by atoms with Gasteiger partial charge in [0.2, 0.25) is 0 Å². The fourth-order valence-electron chi connectivity index (χ4n) is 0.850. The van der Waals surface area contributed by atoms with Gasteiger partial charge in [-0.3, -0.25) is 0 Å². The summed E-state index contributed by atoms with van der Waals surface area (Å²) in [6, 6.07) is 2.17. The van der Waals surface area contributed by atoms with Crippen LogP contribution in [-0.2, 0) is 0 Å². The van der Waals surface area contributed by atoms with Gasteiger partial charge in [-0.05, 0) is 13.8 Å². The van der Waals surface area contributed by atoms with E-state index in [4.69, 9.17) is 5.84 Å². The quantitative estimate of drug-likeness (QED) is 0.453. The van der Waals surface area contributed by atoms with Gasteiger partial charge in [0.15, 0.2) is 5.82 Å². The topological polar surface area (TPSA) is 75.9 Å². The summed E-state index contributed by atoms with van der Waals surface area (Å²) < 4.78 is 0. The maximum atomic E-state index is 5.17. The van der Waals surface area contributed by atoms with Crippen LogP contribution in [0.5, 0.6) is 0 Å². The van der Waals surface area contributed by atoms with E-state index in [1.54, 1.807) is 12.3 Å². The fourth-order valence-corrected chi connectivity index (χ4v) is 0.850. The highest BCUT2D eigenvalue weighted by molar-refractivity contribution is 5.49. The first-order chi connectivity index (χ1) is 5.72. The van der Waals surface area contributed by atoms with Crippen molar-refractivity contribution in [3.63, 3.8) is 0 Å². The predicted molar refractivity (Wildman–Crippen MR) is 48.6 cm³/mol. The molecule has 0 bridgehead atoms. The Balaban J connectivity index is 2.72. The number of aromatic nitrogens is 2. The summed E-state index contributed by atoms with van der Waals surface area (Å²) in [5.74, 6) is 5.73. The Kier molecular flexibility index (Phi) is 2.82. The Labute approximate surface area is 71.3 Å². The molecule has 0 radical (unpaired) electrons. The Morgan fingerprint density at radius 3 is 2.83 bits per heavy atom. The van der Waals surface area contributed by atoms with Crippen LogP contribution in [0.25, 0.3) is 0 Å². The Morgan fingerprint density at radius 1 is 1.50 bits per heavy atom. The second kappa shape index (κ2) is 3.87. The summed E-state index contributed by atoms with van der Waals surface area (Å²) in [6.07, 6.45) is 1.65. The van der Waals surface area contributed by atoms with Crippen LogP contribution in [-0.4, -0.2) is 16.2 Å². The smallest absolute Gasteiger partial charge is 0.164 e. The molecule has 1 heterocycles. The molecule has 0 aromatic carbocycles. The molecular formula is C7H13N5. The molecule has 0 aliphatic carbocycles. The second-order valence-corrected chi connectivity index (χ2v) is 2.77. The number of nitrogen functional groups attached to an aromatic ring is 1. The van der Waals surface area contributed by atoms with Crippen molar-refractivity contribution in [1.29, 1.82) is 0 Å². The van der Waals surface area contributed by atoms with Gasteiger partial charge in [-0.1, -0.05) is 0 Å². The van der Waals surface area contributed by atoms with E-state index in [2.05, 4.69) is 34.8 Å². The van der Waals surface area contributed by atoms with Crippen LogP contribution in [0, 0.1) is 0 Å². The summed E-state index contributed by atoms with van der Waals surface area (Å²) >= 11 is 0. The van der Waals surface area contributed by atoms with Gasteiger partial charge < -0.3 is 10.7 Å². The lowest BCUT2D eigenvalue weighted by atomic mass is 10.3. The Hall–Kier alpha value is -1.36. The third-order valence-corrected chi connectivity index (χ3v) is 1.26. The molecule has 0 atom stereocenters. The lowest BCUT2D eigenvalue weighted by Gasteiger charge is -2.09. The van der Waals surface area contributed by atoms with Gasteiger partial charge in [0.05, 0.1) is 11.9 Å². The predicted octanol–water partition coefficient (Wildman–Crippen LogP) is 0.582. The zero-order valence-corrected chi connectivity index (χ0v) is 7.20. The van der Waals surface area contributed by atoms with Crippen LogP contribution >= 0.6 is 0 Å². The van der Waals surface area contributed by atoms with Crippen molar-refractivity contribution < 1.29 is 0 Å². The van der Waals surface area contributed by atoms with E-state index in [-0.39, 0.29) is 0 Å². The molecule has 1 aromatic rings. The van der Waals surface area contributed by atoms with Crippen molar-refractivity contribution in [3.8, 4) is 0 Å². The minimum atomic E-state index is 0.375. The fraction of sp³-hybridized carbons (Fsp3) is 0.429. The maximum Gasteiger partial charge on any atom is 0.164 e. The lowest BCUT2D eigenvalue weighted by molar-refractivity contribution is 0.892. The van der Waals surface area contributed by atoms with Gasteiger partial charge >= 0.3 is 0 Å². The number of hydrogen-bond donors (Lipinski definition) is 3. The van der Waals surface area contributed by atoms with Crippen LogP contribution in [0.3, 0.4) is 0 Å². The van der Waals surface area contributed by atoms with E-state index in [0.717, 1.165) is 5.69 Å². The number of anilines is 2. The largest absolute Gasteiger partial charge is 0.381 e. The molecule has 4 N–H and O–H groups in total. The first-order valence-corrected chi connectivity index (χ1v) is 3.78. The van der Waals surface area contributed by atoms with Crippen molar-refractivity contribution in [3.05, 3.63) is 12.3 Å². The molecule has 0 spiro atoms. The van der Waals surface area contributed by atoms with Crippen molar-refractivity contribution in [2.75, 3.05) is 10.7 Å². The van der Waals surface area contributed by atoms with Gasteiger partial charge in [0.1, 0.15) is 0 Å².